The first kappa shape index (κ1) is 19.5. The largest absolute Gasteiger partial charge is 0.382 e. The highest BCUT2D eigenvalue weighted by Gasteiger charge is 2.18. The number of nitrogens with one attached hydrogen (secondary N) is 1. The van der Waals surface area contributed by atoms with Gasteiger partial charge < -0.3 is 15.0 Å². The van der Waals surface area contributed by atoms with E-state index in [1.807, 2.05) is 23.6 Å². The molecule has 0 unspecified atom stereocenters. The second-order valence-corrected chi connectivity index (χ2v) is 8.16. The number of anilines is 1. The fourth-order valence-corrected chi connectivity index (χ4v) is 3.77. The molecule has 10 heteroatoms. The van der Waals surface area contributed by atoms with Crippen LogP contribution in [0.5, 0.6) is 0 Å². The van der Waals surface area contributed by atoms with Crippen molar-refractivity contribution in [2.45, 2.75) is 32.9 Å². The third kappa shape index (κ3) is 4.18. The van der Waals surface area contributed by atoms with E-state index in [2.05, 4.69) is 19.7 Å². The number of nitrogen functional groups attached to an aromatic ring is 1. The van der Waals surface area contributed by atoms with Crippen molar-refractivity contribution < 1.29 is 13.2 Å². The Bertz CT molecular complexity index is 1050. The Morgan fingerprint density at radius 1 is 1.26 bits per heavy atom. The van der Waals surface area contributed by atoms with Crippen molar-refractivity contribution in [1.29, 1.82) is 0 Å². The molecule has 3 N–H and O–H groups in total. The highest BCUT2D eigenvalue weighted by atomic mass is 32.2. The molecule has 0 aromatic carbocycles. The van der Waals surface area contributed by atoms with Gasteiger partial charge in [0.25, 0.3) is 0 Å². The maximum Gasteiger partial charge on any atom is 0.211 e. The number of sulfonamides is 1. The summed E-state index contributed by atoms with van der Waals surface area (Å²) in [5.41, 5.74) is 8.95. The average Bonchev–Trinajstić information content (AvgIpc) is 3.03. The van der Waals surface area contributed by atoms with Crippen molar-refractivity contribution in [1.82, 2.24) is 24.2 Å². The Hall–Kier alpha value is -2.30. The number of ether oxygens (including phenoxy) is 1. The molecule has 0 saturated heterocycles. The molecule has 27 heavy (non-hydrogen) atoms. The Morgan fingerprint density at radius 2 is 2.07 bits per heavy atom. The molecule has 3 rings (SSSR count). The highest BCUT2D eigenvalue weighted by molar-refractivity contribution is 7.89. The summed E-state index contributed by atoms with van der Waals surface area (Å²) < 4.78 is 33.1. The zero-order valence-electron chi connectivity index (χ0n) is 15.5. The van der Waals surface area contributed by atoms with Gasteiger partial charge in [0.1, 0.15) is 29.0 Å². The number of hydrogen-bond acceptors (Lipinski definition) is 7. The maximum absolute atomic E-state index is 11.6. The van der Waals surface area contributed by atoms with Crippen LogP contribution in [0.4, 0.5) is 5.82 Å². The summed E-state index contributed by atoms with van der Waals surface area (Å²) in [6.45, 7) is 3.42. The summed E-state index contributed by atoms with van der Waals surface area (Å²) in [4.78, 5) is 13.5. The van der Waals surface area contributed by atoms with E-state index >= 15 is 0 Å². The van der Waals surface area contributed by atoms with Gasteiger partial charge in [0.15, 0.2) is 5.82 Å². The van der Waals surface area contributed by atoms with Gasteiger partial charge in [0.05, 0.1) is 11.3 Å². The average molecular weight is 392 g/mol. The van der Waals surface area contributed by atoms with Crippen LogP contribution >= 0.6 is 0 Å². The van der Waals surface area contributed by atoms with Crippen LogP contribution in [0.15, 0.2) is 18.3 Å². The van der Waals surface area contributed by atoms with Gasteiger partial charge in [0.2, 0.25) is 10.0 Å². The predicted octanol–water partition coefficient (Wildman–Crippen LogP) is 1.43. The lowest BCUT2D eigenvalue weighted by Gasteiger charge is -2.10. The van der Waals surface area contributed by atoms with E-state index in [0.717, 1.165) is 16.9 Å². The Kier molecular flexibility index (Phi) is 5.88. The first-order chi connectivity index (χ1) is 13.0. The lowest BCUT2D eigenvalue weighted by atomic mass is 10.2. The van der Waals surface area contributed by atoms with Gasteiger partial charge in [-0.1, -0.05) is 0 Å². The quantitative estimate of drug-likeness (QED) is 0.528. The summed E-state index contributed by atoms with van der Waals surface area (Å²) in [6, 6.07) is 3.67. The summed E-state index contributed by atoms with van der Waals surface area (Å²) in [5, 5.41) is 0. The molecule has 3 heterocycles. The number of fused-ring (bicyclic) bond motifs is 3. The van der Waals surface area contributed by atoms with Crippen LogP contribution in [-0.2, 0) is 27.9 Å². The van der Waals surface area contributed by atoms with Crippen molar-refractivity contribution in [3.8, 4) is 0 Å². The minimum absolute atomic E-state index is 0.0830. The molecule has 0 saturated carbocycles. The van der Waals surface area contributed by atoms with Gasteiger partial charge in [-0.15, -0.1) is 0 Å². The second-order valence-electron chi connectivity index (χ2n) is 6.11. The molecule has 0 aliphatic rings. The van der Waals surface area contributed by atoms with E-state index in [1.165, 1.54) is 7.05 Å². The highest BCUT2D eigenvalue weighted by Crippen LogP contribution is 2.28. The number of unbranched alkanes of at least 4 members (excludes halogenated alkanes) is 1. The van der Waals surface area contributed by atoms with Crippen LogP contribution in [-0.4, -0.2) is 47.3 Å². The fourth-order valence-electron chi connectivity index (χ4n) is 2.98. The maximum atomic E-state index is 11.6. The van der Waals surface area contributed by atoms with Crippen LogP contribution in [0.25, 0.3) is 22.1 Å². The monoisotopic (exact) mass is 392 g/mol. The minimum Gasteiger partial charge on any atom is -0.382 e. The fraction of sp³-hybridized carbons (Fsp3) is 0.471. The normalized spacial score (nSPS) is 12.2. The molecule has 3 aromatic rings. The summed E-state index contributed by atoms with van der Waals surface area (Å²) >= 11 is 0. The topological polar surface area (TPSA) is 125 Å². The zero-order chi connectivity index (χ0) is 19.4. The third-order valence-electron chi connectivity index (χ3n) is 4.33. The van der Waals surface area contributed by atoms with E-state index in [-0.39, 0.29) is 5.75 Å². The van der Waals surface area contributed by atoms with Crippen LogP contribution < -0.4 is 10.5 Å². The predicted molar refractivity (Wildman–Crippen MR) is 105 cm³/mol. The lowest BCUT2D eigenvalue weighted by molar-refractivity contribution is 0.126. The van der Waals surface area contributed by atoms with Crippen molar-refractivity contribution in [2.24, 2.45) is 0 Å². The van der Waals surface area contributed by atoms with Gasteiger partial charge in [-0.25, -0.2) is 23.1 Å². The molecule has 0 fully saturated rings. The Labute approximate surface area is 158 Å². The molecule has 0 amide bonds. The van der Waals surface area contributed by atoms with Crippen LogP contribution in [0.3, 0.4) is 0 Å². The molecule has 0 aliphatic heterocycles. The SMILES string of the molecule is CCOCc1nc2c(N)nc3cccnc3c2n1CCCCS(=O)(=O)NC. The van der Waals surface area contributed by atoms with Crippen molar-refractivity contribution >= 4 is 37.9 Å². The molecule has 0 bridgehead atoms. The molecule has 0 atom stereocenters. The minimum atomic E-state index is -3.21. The molecule has 0 radical (unpaired) electrons. The molecular weight excluding hydrogens is 368 g/mol. The Balaban J connectivity index is 1.99. The zero-order valence-corrected chi connectivity index (χ0v) is 16.3. The number of rotatable bonds is 9. The summed E-state index contributed by atoms with van der Waals surface area (Å²) in [5.74, 6) is 1.16. The second kappa shape index (κ2) is 8.15. The Morgan fingerprint density at radius 3 is 2.81 bits per heavy atom. The van der Waals surface area contributed by atoms with E-state index < -0.39 is 10.0 Å². The van der Waals surface area contributed by atoms with Gasteiger partial charge >= 0.3 is 0 Å². The standard InChI is InChI=1S/C17H24N6O3S/c1-3-26-11-13-22-15-16(14-12(21-17(15)18)7-6-8-20-14)23(13)9-4-5-10-27(24,25)19-2/h6-8,19H,3-5,9-11H2,1-2H3,(H2,18,21). The van der Waals surface area contributed by atoms with Crippen molar-refractivity contribution in [3.05, 3.63) is 24.2 Å². The number of nitrogens with two attached hydrogens (primary N) is 1. The van der Waals surface area contributed by atoms with Crippen molar-refractivity contribution in [2.75, 3.05) is 25.1 Å². The first-order valence-corrected chi connectivity index (χ1v) is 10.5. The van der Waals surface area contributed by atoms with Crippen LogP contribution in [0.2, 0.25) is 0 Å². The van der Waals surface area contributed by atoms with E-state index in [1.54, 1.807) is 6.20 Å². The smallest absolute Gasteiger partial charge is 0.211 e. The molecule has 9 nitrogen and oxygen atoms in total. The molecule has 0 spiro atoms. The number of nitrogens with zero attached hydrogens (tertiary/aromatic N) is 4. The lowest BCUT2D eigenvalue weighted by Crippen LogP contribution is -2.22. The number of aromatic nitrogens is 4. The first-order valence-electron chi connectivity index (χ1n) is 8.85. The number of hydrogen-bond donors (Lipinski definition) is 2. The van der Waals surface area contributed by atoms with Crippen LogP contribution in [0.1, 0.15) is 25.6 Å². The molecule has 146 valence electrons. The van der Waals surface area contributed by atoms with Crippen molar-refractivity contribution in [3.63, 3.8) is 0 Å². The van der Waals surface area contributed by atoms with Crippen LogP contribution in [0, 0.1) is 0 Å². The molecule has 0 aliphatic carbocycles. The third-order valence-corrected chi connectivity index (χ3v) is 5.78. The van der Waals surface area contributed by atoms with Gasteiger partial charge in [0, 0.05) is 19.3 Å². The van der Waals surface area contributed by atoms with E-state index in [9.17, 15) is 8.42 Å². The van der Waals surface area contributed by atoms with Gasteiger partial charge in [-0.05, 0) is 38.9 Å². The number of aryl methyl sites for hydroxylation is 1. The van der Waals surface area contributed by atoms with Gasteiger partial charge in [-0.3, -0.25) is 4.98 Å². The van der Waals surface area contributed by atoms with E-state index in [0.29, 0.717) is 49.5 Å². The summed E-state index contributed by atoms with van der Waals surface area (Å²) in [7, 11) is -1.79. The molecular formula is C17H24N6O3S. The van der Waals surface area contributed by atoms with E-state index in [4.69, 9.17) is 10.5 Å². The molecule has 3 aromatic heterocycles. The number of imidazole rings is 1. The van der Waals surface area contributed by atoms with Gasteiger partial charge in [-0.2, -0.15) is 0 Å². The number of pyridine rings is 2. The summed E-state index contributed by atoms with van der Waals surface area (Å²) in [6.07, 6.45) is 2.91.